The van der Waals surface area contributed by atoms with Crippen molar-refractivity contribution in [2.75, 3.05) is 19.6 Å². The molecule has 0 amide bonds. The molecule has 0 aromatic rings. The summed E-state index contributed by atoms with van der Waals surface area (Å²) < 4.78 is 0. The third-order valence-corrected chi connectivity index (χ3v) is 4.18. The van der Waals surface area contributed by atoms with Gasteiger partial charge in [-0.25, -0.2) is 0 Å². The molecule has 1 aliphatic carbocycles. The first-order chi connectivity index (χ1) is 8.12. The van der Waals surface area contributed by atoms with Crippen molar-refractivity contribution < 1.29 is 0 Å². The van der Waals surface area contributed by atoms with Gasteiger partial charge in [0.25, 0.3) is 0 Å². The Morgan fingerprint density at radius 3 is 2.71 bits per heavy atom. The number of nitrogens with one attached hydrogen (secondary N) is 1. The predicted octanol–water partition coefficient (Wildman–Crippen LogP) is 2.14. The van der Waals surface area contributed by atoms with E-state index in [9.17, 15) is 0 Å². The molecular weight excluding hydrogens is 210 g/mol. The molecular formula is C14H25N3. The highest BCUT2D eigenvalue weighted by atomic mass is 15.2. The molecule has 0 bridgehead atoms. The lowest BCUT2D eigenvalue weighted by Gasteiger charge is -2.37. The summed E-state index contributed by atoms with van der Waals surface area (Å²) >= 11 is 0. The van der Waals surface area contributed by atoms with E-state index >= 15 is 0 Å². The average Bonchev–Trinajstić information content (AvgIpc) is 2.73. The fourth-order valence-electron chi connectivity index (χ4n) is 3.33. The van der Waals surface area contributed by atoms with Crippen LogP contribution in [0.15, 0.2) is 0 Å². The maximum Gasteiger partial charge on any atom is 0.0638 e. The normalized spacial score (nSPS) is 31.0. The molecule has 1 saturated carbocycles. The Labute approximate surface area is 105 Å². The van der Waals surface area contributed by atoms with Gasteiger partial charge in [-0.15, -0.1) is 0 Å². The van der Waals surface area contributed by atoms with Crippen LogP contribution >= 0.6 is 0 Å². The summed E-state index contributed by atoms with van der Waals surface area (Å²) in [7, 11) is 0. The summed E-state index contributed by atoms with van der Waals surface area (Å²) in [5.74, 6) is 0. The van der Waals surface area contributed by atoms with Crippen molar-refractivity contribution in [1.29, 1.82) is 5.26 Å². The van der Waals surface area contributed by atoms with Gasteiger partial charge in [-0.1, -0.05) is 26.7 Å². The molecule has 1 atom stereocenters. The predicted molar refractivity (Wildman–Crippen MR) is 69.6 cm³/mol. The van der Waals surface area contributed by atoms with Crippen LogP contribution in [0.5, 0.6) is 0 Å². The van der Waals surface area contributed by atoms with Crippen LogP contribution in [-0.2, 0) is 0 Å². The third kappa shape index (κ3) is 3.20. The molecule has 96 valence electrons. The molecule has 3 heteroatoms. The molecule has 3 nitrogen and oxygen atoms in total. The van der Waals surface area contributed by atoms with Crippen molar-refractivity contribution in [2.24, 2.45) is 5.41 Å². The van der Waals surface area contributed by atoms with Crippen molar-refractivity contribution in [2.45, 2.75) is 58.0 Å². The Morgan fingerprint density at radius 1 is 1.35 bits per heavy atom. The van der Waals surface area contributed by atoms with E-state index in [0.717, 1.165) is 25.7 Å². The highest BCUT2D eigenvalue weighted by Gasteiger charge is 2.35. The molecule has 17 heavy (non-hydrogen) atoms. The van der Waals surface area contributed by atoms with Crippen LogP contribution in [0.3, 0.4) is 0 Å². The van der Waals surface area contributed by atoms with Crippen molar-refractivity contribution >= 4 is 0 Å². The van der Waals surface area contributed by atoms with Crippen LogP contribution in [-0.4, -0.2) is 36.6 Å². The largest absolute Gasteiger partial charge is 0.315 e. The lowest BCUT2D eigenvalue weighted by Crippen LogP contribution is -2.46. The minimum absolute atomic E-state index is 0.326. The Morgan fingerprint density at radius 2 is 2.06 bits per heavy atom. The molecule has 1 heterocycles. The molecule has 0 aromatic carbocycles. The van der Waals surface area contributed by atoms with Crippen LogP contribution in [0, 0.1) is 16.7 Å². The van der Waals surface area contributed by atoms with Crippen LogP contribution in [0.2, 0.25) is 0 Å². The molecule has 0 spiro atoms. The summed E-state index contributed by atoms with van der Waals surface area (Å²) in [6, 6.07) is 3.51. The second kappa shape index (κ2) is 5.37. The summed E-state index contributed by atoms with van der Waals surface area (Å²) in [5, 5.41) is 12.5. The van der Waals surface area contributed by atoms with E-state index in [1.165, 1.54) is 25.7 Å². The molecule has 0 radical (unpaired) electrons. The van der Waals surface area contributed by atoms with Crippen LogP contribution in [0.25, 0.3) is 0 Å². The first kappa shape index (κ1) is 12.9. The smallest absolute Gasteiger partial charge is 0.0638 e. The fourth-order valence-corrected chi connectivity index (χ4v) is 3.33. The average molecular weight is 235 g/mol. The van der Waals surface area contributed by atoms with Gasteiger partial charge in [0.1, 0.15) is 0 Å². The maximum absolute atomic E-state index is 9.00. The third-order valence-electron chi connectivity index (χ3n) is 4.18. The van der Waals surface area contributed by atoms with Crippen molar-refractivity contribution in [3.8, 4) is 6.07 Å². The molecule has 2 rings (SSSR count). The topological polar surface area (TPSA) is 39.1 Å². The minimum atomic E-state index is 0.326. The van der Waals surface area contributed by atoms with Gasteiger partial charge in [-0.3, -0.25) is 4.90 Å². The van der Waals surface area contributed by atoms with Gasteiger partial charge >= 0.3 is 0 Å². The molecule has 2 fully saturated rings. The van der Waals surface area contributed by atoms with Crippen molar-refractivity contribution in [3.63, 3.8) is 0 Å². The summed E-state index contributed by atoms with van der Waals surface area (Å²) in [6.45, 7) is 7.84. The zero-order chi connectivity index (χ0) is 12.3. The number of hydrogen-bond acceptors (Lipinski definition) is 3. The van der Waals surface area contributed by atoms with Crippen LogP contribution < -0.4 is 5.32 Å². The second-order valence-corrected chi connectivity index (χ2v) is 6.42. The lowest BCUT2D eigenvalue weighted by molar-refractivity contribution is 0.107. The van der Waals surface area contributed by atoms with Gasteiger partial charge in [-0.05, 0) is 18.3 Å². The van der Waals surface area contributed by atoms with E-state index in [1.54, 1.807) is 0 Å². The number of rotatable bonds is 2. The van der Waals surface area contributed by atoms with E-state index in [4.69, 9.17) is 5.26 Å². The Bertz CT molecular complexity index is 286. The molecule has 1 N–H and O–H groups in total. The molecule has 1 unspecified atom stereocenters. The first-order valence-corrected chi connectivity index (χ1v) is 6.96. The second-order valence-electron chi connectivity index (χ2n) is 6.42. The number of hydrogen-bond donors (Lipinski definition) is 1. The SMILES string of the molecule is CC1(C)CNCC(CC#N)N(C2CCCC2)C1. The summed E-state index contributed by atoms with van der Waals surface area (Å²) in [4.78, 5) is 2.64. The lowest BCUT2D eigenvalue weighted by atomic mass is 9.92. The molecule has 0 aromatic heterocycles. The molecule has 2 aliphatic rings. The highest BCUT2D eigenvalue weighted by molar-refractivity contribution is 4.94. The Hall–Kier alpha value is -0.590. The van der Waals surface area contributed by atoms with Gasteiger partial charge in [0.2, 0.25) is 0 Å². The van der Waals surface area contributed by atoms with Gasteiger partial charge in [0.05, 0.1) is 12.5 Å². The van der Waals surface area contributed by atoms with Gasteiger partial charge in [-0.2, -0.15) is 5.26 Å². The van der Waals surface area contributed by atoms with Crippen molar-refractivity contribution in [3.05, 3.63) is 0 Å². The van der Waals surface area contributed by atoms with E-state index in [-0.39, 0.29) is 0 Å². The van der Waals surface area contributed by atoms with Gasteiger partial charge in [0.15, 0.2) is 0 Å². The zero-order valence-corrected chi connectivity index (χ0v) is 11.2. The summed E-state index contributed by atoms with van der Waals surface area (Å²) in [6.07, 6.45) is 6.07. The Balaban J connectivity index is 2.10. The Kier molecular flexibility index (Phi) is 4.06. The molecule has 1 saturated heterocycles. The van der Waals surface area contributed by atoms with E-state index in [0.29, 0.717) is 17.9 Å². The quantitative estimate of drug-likeness (QED) is 0.797. The maximum atomic E-state index is 9.00. The monoisotopic (exact) mass is 235 g/mol. The minimum Gasteiger partial charge on any atom is -0.315 e. The van der Waals surface area contributed by atoms with E-state index in [2.05, 4.69) is 30.1 Å². The van der Waals surface area contributed by atoms with Crippen molar-refractivity contribution in [1.82, 2.24) is 10.2 Å². The summed E-state index contributed by atoms with van der Waals surface area (Å²) in [5.41, 5.74) is 0.326. The van der Waals surface area contributed by atoms with Gasteiger partial charge in [0, 0.05) is 31.7 Å². The highest BCUT2D eigenvalue weighted by Crippen LogP contribution is 2.30. The van der Waals surface area contributed by atoms with Crippen LogP contribution in [0.4, 0.5) is 0 Å². The zero-order valence-electron chi connectivity index (χ0n) is 11.2. The first-order valence-electron chi connectivity index (χ1n) is 6.96. The van der Waals surface area contributed by atoms with E-state index in [1.807, 2.05) is 0 Å². The van der Waals surface area contributed by atoms with E-state index < -0.39 is 0 Å². The standard InChI is InChI=1S/C14H25N3/c1-14(2)10-16-9-13(7-8-15)17(11-14)12-5-3-4-6-12/h12-13,16H,3-7,9-11H2,1-2H3. The number of nitriles is 1. The van der Waals surface area contributed by atoms with Gasteiger partial charge < -0.3 is 5.32 Å². The fraction of sp³-hybridized carbons (Fsp3) is 0.929. The van der Waals surface area contributed by atoms with Crippen LogP contribution in [0.1, 0.15) is 46.0 Å². The molecule has 1 aliphatic heterocycles. The number of nitrogens with zero attached hydrogens (tertiary/aromatic N) is 2.